The minimum absolute atomic E-state index is 0.935. The molecule has 0 aliphatic carbocycles. The number of hydrogen-bond acceptors (Lipinski definition) is 1. The number of hydrogen-bond donors (Lipinski definition) is 0. The van der Waals surface area contributed by atoms with Crippen molar-refractivity contribution < 1.29 is 4.42 Å². The SMILES string of the molecule is Cc1ccc(-n2c3ccccc3c3ccc4oc5cc(C)ccc5c4c32)cc1. The summed E-state index contributed by atoms with van der Waals surface area (Å²) in [5.41, 5.74) is 7.96. The number of furan rings is 1. The van der Waals surface area contributed by atoms with Gasteiger partial charge in [-0.25, -0.2) is 0 Å². The maximum Gasteiger partial charge on any atom is 0.137 e. The van der Waals surface area contributed by atoms with E-state index in [-0.39, 0.29) is 0 Å². The number of aryl methyl sites for hydroxylation is 2. The topological polar surface area (TPSA) is 18.1 Å². The molecule has 0 N–H and O–H groups in total. The highest BCUT2D eigenvalue weighted by molar-refractivity contribution is 6.24. The van der Waals surface area contributed by atoms with Crippen molar-refractivity contribution in [2.75, 3.05) is 0 Å². The van der Waals surface area contributed by atoms with Crippen LogP contribution in [0.3, 0.4) is 0 Å². The van der Waals surface area contributed by atoms with Crippen molar-refractivity contribution in [3.8, 4) is 5.69 Å². The molecule has 0 spiro atoms. The largest absolute Gasteiger partial charge is 0.456 e. The van der Waals surface area contributed by atoms with Crippen molar-refractivity contribution in [3.05, 3.63) is 90.0 Å². The van der Waals surface area contributed by atoms with Crippen LogP contribution in [0.2, 0.25) is 0 Å². The van der Waals surface area contributed by atoms with Crippen molar-refractivity contribution >= 4 is 43.7 Å². The van der Waals surface area contributed by atoms with Crippen LogP contribution >= 0.6 is 0 Å². The molecular formula is C26H19NO. The van der Waals surface area contributed by atoms with Gasteiger partial charge in [-0.3, -0.25) is 0 Å². The zero-order chi connectivity index (χ0) is 18.8. The van der Waals surface area contributed by atoms with Crippen LogP contribution in [0.15, 0.2) is 83.3 Å². The monoisotopic (exact) mass is 361 g/mol. The van der Waals surface area contributed by atoms with Crippen LogP contribution < -0.4 is 0 Å². The van der Waals surface area contributed by atoms with E-state index in [1.807, 2.05) is 0 Å². The second-order valence-electron chi connectivity index (χ2n) is 7.62. The number of nitrogens with zero attached hydrogens (tertiary/aromatic N) is 1. The molecule has 0 unspecified atom stereocenters. The van der Waals surface area contributed by atoms with Gasteiger partial charge in [-0.15, -0.1) is 0 Å². The summed E-state index contributed by atoms with van der Waals surface area (Å²) in [5, 5.41) is 4.88. The molecule has 0 amide bonds. The molecule has 28 heavy (non-hydrogen) atoms. The zero-order valence-electron chi connectivity index (χ0n) is 15.9. The predicted molar refractivity (Wildman–Crippen MR) is 118 cm³/mol. The van der Waals surface area contributed by atoms with Crippen LogP contribution in [0, 0.1) is 13.8 Å². The summed E-state index contributed by atoms with van der Waals surface area (Å²) in [6.45, 7) is 4.23. The van der Waals surface area contributed by atoms with Gasteiger partial charge in [0.05, 0.1) is 16.4 Å². The van der Waals surface area contributed by atoms with Crippen LogP contribution in [-0.4, -0.2) is 4.57 Å². The Morgan fingerprint density at radius 1 is 0.643 bits per heavy atom. The lowest BCUT2D eigenvalue weighted by molar-refractivity contribution is 0.669. The molecule has 4 aromatic carbocycles. The van der Waals surface area contributed by atoms with Crippen LogP contribution in [0.1, 0.15) is 11.1 Å². The molecule has 0 saturated carbocycles. The van der Waals surface area contributed by atoms with Crippen LogP contribution in [0.25, 0.3) is 49.4 Å². The molecule has 0 fully saturated rings. The quantitative estimate of drug-likeness (QED) is 0.300. The molecule has 6 aromatic rings. The average Bonchev–Trinajstić information content (AvgIpc) is 3.23. The van der Waals surface area contributed by atoms with Crippen molar-refractivity contribution in [2.45, 2.75) is 13.8 Å². The first-order chi connectivity index (χ1) is 13.7. The number of benzene rings is 4. The maximum atomic E-state index is 6.23. The molecule has 2 nitrogen and oxygen atoms in total. The fourth-order valence-corrected chi connectivity index (χ4v) is 4.39. The highest BCUT2D eigenvalue weighted by atomic mass is 16.3. The van der Waals surface area contributed by atoms with Crippen molar-refractivity contribution in [2.24, 2.45) is 0 Å². The van der Waals surface area contributed by atoms with E-state index in [0.717, 1.165) is 11.2 Å². The van der Waals surface area contributed by atoms with Gasteiger partial charge in [0.15, 0.2) is 0 Å². The van der Waals surface area contributed by atoms with E-state index >= 15 is 0 Å². The van der Waals surface area contributed by atoms with Gasteiger partial charge < -0.3 is 8.98 Å². The molecule has 6 rings (SSSR count). The molecule has 0 atom stereocenters. The molecule has 0 radical (unpaired) electrons. The number of fused-ring (bicyclic) bond motifs is 7. The van der Waals surface area contributed by atoms with Crippen LogP contribution in [0.5, 0.6) is 0 Å². The Morgan fingerprint density at radius 2 is 1.39 bits per heavy atom. The van der Waals surface area contributed by atoms with Gasteiger partial charge >= 0.3 is 0 Å². The third-order valence-corrected chi connectivity index (χ3v) is 5.72. The fraction of sp³-hybridized carbons (Fsp3) is 0.0769. The van der Waals surface area contributed by atoms with E-state index in [1.54, 1.807) is 0 Å². The lowest BCUT2D eigenvalue weighted by atomic mass is 10.1. The highest BCUT2D eigenvalue weighted by Crippen LogP contribution is 2.40. The second-order valence-corrected chi connectivity index (χ2v) is 7.62. The van der Waals surface area contributed by atoms with Crippen LogP contribution in [0.4, 0.5) is 0 Å². The molecule has 2 aromatic heterocycles. The van der Waals surface area contributed by atoms with Gasteiger partial charge in [0, 0.05) is 21.8 Å². The lowest BCUT2D eigenvalue weighted by Gasteiger charge is -2.09. The summed E-state index contributed by atoms with van der Waals surface area (Å²) in [7, 11) is 0. The van der Waals surface area contributed by atoms with Crippen LogP contribution in [-0.2, 0) is 0 Å². The minimum atomic E-state index is 0.935. The number of aromatic nitrogens is 1. The van der Waals surface area contributed by atoms with Gasteiger partial charge in [0.1, 0.15) is 11.2 Å². The summed E-state index contributed by atoms with van der Waals surface area (Å²) in [5.74, 6) is 0. The molecule has 2 heterocycles. The standard InChI is InChI=1S/C26H19NO/c1-16-7-10-18(11-8-16)27-22-6-4-3-5-19(22)20-13-14-23-25(26(20)27)21-12-9-17(2)15-24(21)28-23/h3-15H,1-2H3. The summed E-state index contributed by atoms with van der Waals surface area (Å²) < 4.78 is 8.61. The molecule has 0 aliphatic rings. The Labute approximate surface area is 162 Å². The summed E-state index contributed by atoms with van der Waals surface area (Å²) in [4.78, 5) is 0. The molecule has 0 saturated heterocycles. The number of rotatable bonds is 1. The fourth-order valence-electron chi connectivity index (χ4n) is 4.39. The molecule has 0 aliphatic heterocycles. The Bertz CT molecular complexity index is 1510. The summed E-state index contributed by atoms with van der Waals surface area (Å²) in [6.07, 6.45) is 0. The Morgan fingerprint density at radius 3 is 2.25 bits per heavy atom. The van der Waals surface area contributed by atoms with Crippen molar-refractivity contribution in [3.63, 3.8) is 0 Å². The third kappa shape index (κ3) is 2.03. The van der Waals surface area contributed by atoms with E-state index < -0.39 is 0 Å². The highest BCUT2D eigenvalue weighted by Gasteiger charge is 2.18. The second kappa shape index (κ2) is 5.49. The Hall–Kier alpha value is -3.52. The van der Waals surface area contributed by atoms with Gasteiger partial charge in [-0.2, -0.15) is 0 Å². The first-order valence-corrected chi connectivity index (χ1v) is 9.63. The maximum absolute atomic E-state index is 6.23. The summed E-state index contributed by atoms with van der Waals surface area (Å²) >= 11 is 0. The van der Waals surface area contributed by atoms with Gasteiger partial charge in [0.2, 0.25) is 0 Å². The summed E-state index contributed by atoms with van der Waals surface area (Å²) in [6, 6.07) is 28.2. The molecule has 2 heteroatoms. The van der Waals surface area contributed by atoms with Crippen molar-refractivity contribution in [1.29, 1.82) is 0 Å². The molecule has 134 valence electrons. The van der Waals surface area contributed by atoms with E-state index in [1.165, 1.54) is 49.4 Å². The normalized spacial score (nSPS) is 11.9. The van der Waals surface area contributed by atoms with Gasteiger partial charge in [-0.05, 0) is 55.8 Å². The smallest absolute Gasteiger partial charge is 0.137 e. The molecular weight excluding hydrogens is 342 g/mol. The minimum Gasteiger partial charge on any atom is -0.456 e. The van der Waals surface area contributed by atoms with Gasteiger partial charge in [0.25, 0.3) is 0 Å². The molecule has 0 bridgehead atoms. The number of para-hydroxylation sites is 1. The van der Waals surface area contributed by atoms with Crippen molar-refractivity contribution in [1.82, 2.24) is 4.57 Å². The zero-order valence-corrected chi connectivity index (χ0v) is 15.9. The Balaban J connectivity index is 1.90. The Kier molecular flexibility index (Phi) is 3.05. The van der Waals surface area contributed by atoms with Gasteiger partial charge in [-0.1, -0.05) is 48.0 Å². The first-order valence-electron chi connectivity index (χ1n) is 9.63. The predicted octanol–water partition coefficient (Wildman–Crippen LogP) is 7.30. The third-order valence-electron chi connectivity index (χ3n) is 5.72. The lowest BCUT2D eigenvalue weighted by Crippen LogP contribution is -1.94. The van der Waals surface area contributed by atoms with E-state index in [9.17, 15) is 0 Å². The average molecular weight is 361 g/mol. The van der Waals surface area contributed by atoms with E-state index in [0.29, 0.717) is 0 Å². The first kappa shape index (κ1) is 15.5. The van der Waals surface area contributed by atoms with E-state index in [2.05, 4.69) is 97.3 Å². The van der Waals surface area contributed by atoms with E-state index in [4.69, 9.17) is 4.42 Å².